The molecule has 0 aliphatic heterocycles. The first-order chi connectivity index (χ1) is 11.6. The number of hydrogen-bond acceptors (Lipinski definition) is 3. The number of unbranched alkanes of at least 4 members (excludes halogenated alkanes) is 10. The zero-order valence-corrected chi connectivity index (χ0v) is 15.1. The van der Waals surface area contributed by atoms with E-state index in [1.807, 2.05) is 0 Å². The van der Waals surface area contributed by atoms with Crippen molar-refractivity contribution in [3.05, 3.63) is 0 Å². The molecule has 0 bridgehead atoms. The number of rotatable bonds is 17. The molecule has 0 saturated carbocycles. The van der Waals surface area contributed by atoms with Gasteiger partial charge in [-0.3, -0.25) is 14.4 Å². The standard InChI is InChI=1S/C19H34NO4/c1-2-3-4-5-6-7-8-9-10-11-12-13-18(22)20-17(16-21)14-15-19(23)24/h17H,2-15H2,1H3,(H,20,22)(H,23,24)/t17-/m1/s1. The van der Waals surface area contributed by atoms with Gasteiger partial charge in [-0.15, -0.1) is 0 Å². The number of amides is 1. The number of nitrogens with one attached hydrogen (secondary N) is 1. The molecule has 0 spiro atoms. The number of aliphatic carboxylic acids is 1. The highest BCUT2D eigenvalue weighted by molar-refractivity contribution is 5.80. The van der Waals surface area contributed by atoms with Gasteiger partial charge in [0.2, 0.25) is 12.2 Å². The van der Waals surface area contributed by atoms with E-state index in [9.17, 15) is 14.4 Å². The van der Waals surface area contributed by atoms with Crippen LogP contribution in [-0.4, -0.2) is 29.3 Å². The molecule has 0 unspecified atom stereocenters. The van der Waals surface area contributed by atoms with Gasteiger partial charge in [0.25, 0.3) is 0 Å². The number of hydrogen-bond donors (Lipinski definition) is 2. The predicted octanol–water partition coefficient (Wildman–Crippen LogP) is 4.15. The summed E-state index contributed by atoms with van der Waals surface area (Å²) >= 11 is 0. The van der Waals surface area contributed by atoms with Crippen LogP contribution in [0, 0.1) is 0 Å². The summed E-state index contributed by atoms with van der Waals surface area (Å²) in [7, 11) is 0. The normalized spacial score (nSPS) is 11.9. The number of carboxylic acids is 1. The van der Waals surface area contributed by atoms with Crippen molar-refractivity contribution in [2.75, 3.05) is 0 Å². The summed E-state index contributed by atoms with van der Waals surface area (Å²) in [5.74, 6) is -1.17. The third-order valence-corrected chi connectivity index (χ3v) is 4.13. The average Bonchev–Trinajstić information content (AvgIpc) is 2.56. The Balaban J connectivity index is 3.45. The molecule has 1 amide bonds. The summed E-state index contributed by atoms with van der Waals surface area (Å²) in [6.45, 7) is 2.23. The first kappa shape index (κ1) is 22.6. The maximum atomic E-state index is 11.7. The van der Waals surface area contributed by atoms with E-state index in [1.54, 1.807) is 6.29 Å². The molecule has 2 N–H and O–H groups in total. The second-order valence-electron chi connectivity index (χ2n) is 6.46. The lowest BCUT2D eigenvalue weighted by atomic mass is 10.1. The average molecular weight is 340 g/mol. The predicted molar refractivity (Wildman–Crippen MR) is 95.6 cm³/mol. The molecule has 1 radical (unpaired) electrons. The third kappa shape index (κ3) is 15.5. The third-order valence-electron chi connectivity index (χ3n) is 4.13. The van der Waals surface area contributed by atoms with Gasteiger partial charge in [-0.25, -0.2) is 0 Å². The van der Waals surface area contributed by atoms with Crippen LogP contribution in [0.4, 0.5) is 0 Å². The summed E-state index contributed by atoms with van der Waals surface area (Å²) < 4.78 is 0. The van der Waals surface area contributed by atoms with Gasteiger partial charge in [-0.2, -0.15) is 0 Å². The van der Waals surface area contributed by atoms with Crippen molar-refractivity contribution in [1.82, 2.24) is 5.32 Å². The van der Waals surface area contributed by atoms with Crippen molar-refractivity contribution in [2.24, 2.45) is 0 Å². The van der Waals surface area contributed by atoms with Gasteiger partial charge in [-0.05, 0) is 12.8 Å². The lowest BCUT2D eigenvalue weighted by Gasteiger charge is -2.10. The fraction of sp³-hybridized carbons (Fsp3) is 0.842. The molecule has 0 saturated heterocycles. The second kappa shape index (κ2) is 16.5. The maximum absolute atomic E-state index is 11.7. The quantitative estimate of drug-likeness (QED) is 0.390. The van der Waals surface area contributed by atoms with Gasteiger partial charge in [0.1, 0.15) is 0 Å². The first-order valence-electron chi connectivity index (χ1n) is 9.49. The van der Waals surface area contributed by atoms with Crippen LogP contribution < -0.4 is 5.32 Å². The zero-order valence-electron chi connectivity index (χ0n) is 15.1. The summed E-state index contributed by atoms with van der Waals surface area (Å²) in [5.41, 5.74) is 0. The van der Waals surface area contributed by atoms with E-state index in [1.165, 1.54) is 51.4 Å². The number of carbonyl (C=O) groups excluding carboxylic acids is 2. The van der Waals surface area contributed by atoms with Crippen LogP contribution in [-0.2, 0) is 14.4 Å². The fourth-order valence-corrected chi connectivity index (χ4v) is 2.64. The highest BCUT2D eigenvalue weighted by Gasteiger charge is 2.13. The van der Waals surface area contributed by atoms with Gasteiger partial charge < -0.3 is 10.4 Å². The van der Waals surface area contributed by atoms with E-state index < -0.39 is 12.0 Å². The Bertz CT molecular complexity index is 344. The van der Waals surface area contributed by atoms with Crippen molar-refractivity contribution < 1.29 is 19.5 Å². The summed E-state index contributed by atoms with van der Waals surface area (Å²) in [6.07, 6.45) is 15.5. The highest BCUT2D eigenvalue weighted by atomic mass is 16.4. The first-order valence-corrected chi connectivity index (χ1v) is 9.49. The van der Waals surface area contributed by atoms with Gasteiger partial charge in [0.15, 0.2) is 0 Å². The molecule has 0 aromatic rings. The summed E-state index contributed by atoms with van der Waals surface area (Å²) in [4.78, 5) is 32.8. The molecule has 0 aliphatic carbocycles. The Morgan fingerprint density at radius 3 is 1.83 bits per heavy atom. The lowest BCUT2D eigenvalue weighted by Crippen LogP contribution is -2.36. The van der Waals surface area contributed by atoms with Crippen molar-refractivity contribution in [3.63, 3.8) is 0 Å². The van der Waals surface area contributed by atoms with Gasteiger partial charge in [0, 0.05) is 12.8 Å². The maximum Gasteiger partial charge on any atom is 0.303 e. The Kier molecular flexibility index (Phi) is 15.5. The zero-order chi connectivity index (χ0) is 18.0. The number of carbonyl (C=O) groups is 2. The molecule has 0 aromatic carbocycles. The lowest BCUT2D eigenvalue weighted by molar-refractivity contribution is -0.137. The Morgan fingerprint density at radius 1 is 0.875 bits per heavy atom. The molecule has 0 aromatic heterocycles. The van der Waals surface area contributed by atoms with Crippen molar-refractivity contribution in [2.45, 2.75) is 103 Å². The van der Waals surface area contributed by atoms with E-state index in [0.717, 1.165) is 19.3 Å². The van der Waals surface area contributed by atoms with Gasteiger partial charge in [-0.1, -0.05) is 71.1 Å². The van der Waals surface area contributed by atoms with Crippen molar-refractivity contribution >= 4 is 18.2 Å². The van der Waals surface area contributed by atoms with Gasteiger partial charge in [0.05, 0.1) is 6.04 Å². The minimum atomic E-state index is -0.977. The summed E-state index contributed by atoms with van der Waals surface area (Å²) in [5, 5.41) is 11.1. The van der Waals surface area contributed by atoms with Crippen LogP contribution in [0.3, 0.4) is 0 Å². The van der Waals surface area contributed by atoms with Crippen LogP contribution in [0.1, 0.15) is 96.8 Å². The van der Waals surface area contributed by atoms with Crippen LogP contribution in [0.15, 0.2) is 0 Å². The van der Waals surface area contributed by atoms with Crippen molar-refractivity contribution in [3.8, 4) is 0 Å². The van der Waals surface area contributed by atoms with E-state index in [4.69, 9.17) is 5.11 Å². The van der Waals surface area contributed by atoms with Crippen LogP contribution >= 0.6 is 0 Å². The molecule has 5 nitrogen and oxygen atoms in total. The monoisotopic (exact) mass is 340 g/mol. The molecule has 0 fully saturated rings. The topological polar surface area (TPSA) is 83.5 Å². The molecule has 24 heavy (non-hydrogen) atoms. The molecule has 0 heterocycles. The van der Waals surface area contributed by atoms with E-state index in [2.05, 4.69) is 12.2 Å². The molecular formula is C19H34NO4. The minimum absolute atomic E-state index is 0.100. The molecule has 5 heteroatoms. The smallest absolute Gasteiger partial charge is 0.303 e. The highest BCUT2D eigenvalue weighted by Crippen LogP contribution is 2.12. The SMILES string of the molecule is CCCCCCCCCCCCCC(=O)N[C@@H]([C]=O)CCC(=O)O. The van der Waals surface area contributed by atoms with Gasteiger partial charge >= 0.3 is 5.97 Å². The fourth-order valence-electron chi connectivity index (χ4n) is 2.64. The Morgan fingerprint density at radius 2 is 1.38 bits per heavy atom. The van der Waals surface area contributed by atoms with Crippen LogP contribution in [0.2, 0.25) is 0 Å². The van der Waals surface area contributed by atoms with E-state index in [-0.39, 0.29) is 18.7 Å². The van der Waals surface area contributed by atoms with E-state index in [0.29, 0.717) is 6.42 Å². The van der Waals surface area contributed by atoms with E-state index >= 15 is 0 Å². The Hall–Kier alpha value is -1.39. The minimum Gasteiger partial charge on any atom is -0.481 e. The molecule has 139 valence electrons. The van der Waals surface area contributed by atoms with Crippen molar-refractivity contribution in [1.29, 1.82) is 0 Å². The number of carboxylic acid groups (broad SMARTS) is 1. The largest absolute Gasteiger partial charge is 0.481 e. The van der Waals surface area contributed by atoms with Crippen LogP contribution in [0.25, 0.3) is 0 Å². The summed E-state index contributed by atoms with van der Waals surface area (Å²) in [6, 6.07) is -0.804. The second-order valence-corrected chi connectivity index (χ2v) is 6.46. The molecule has 0 rings (SSSR count). The molecule has 1 atom stereocenters. The Labute approximate surface area is 146 Å². The molecule has 0 aliphatic rings. The van der Waals surface area contributed by atoms with Crippen LogP contribution in [0.5, 0.6) is 0 Å². The molecular weight excluding hydrogens is 306 g/mol.